The highest BCUT2D eigenvalue weighted by molar-refractivity contribution is 14.1. The van der Waals surface area contributed by atoms with Crippen LogP contribution in [0.3, 0.4) is 0 Å². The molecule has 0 aliphatic rings. The summed E-state index contributed by atoms with van der Waals surface area (Å²) in [6.07, 6.45) is 0. The van der Waals surface area contributed by atoms with Crippen molar-refractivity contribution >= 4 is 40.0 Å². The number of amidine groups is 1. The Morgan fingerprint density at radius 1 is 1.59 bits per heavy atom. The summed E-state index contributed by atoms with van der Waals surface area (Å²) in [5.74, 6) is -1.08. The van der Waals surface area contributed by atoms with Crippen molar-refractivity contribution in [3.05, 3.63) is 27.3 Å². The Morgan fingerprint density at radius 3 is 2.76 bits per heavy atom. The van der Waals surface area contributed by atoms with E-state index in [0.29, 0.717) is 5.69 Å². The number of amides is 1. The van der Waals surface area contributed by atoms with Gasteiger partial charge in [0.05, 0.1) is 5.92 Å². The third-order valence-electron chi connectivity index (χ3n) is 2.39. The van der Waals surface area contributed by atoms with Crippen LogP contribution in [0.4, 0.5) is 5.69 Å². The van der Waals surface area contributed by atoms with Gasteiger partial charge in [-0.2, -0.15) is 0 Å². The lowest BCUT2D eigenvalue weighted by molar-refractivity contribution is -0.117. The summed E-state index contributed by atoms with van der Waals surface area (Å²) in [7, 11) is 0. The molecule has 4 N–H and O–H groups in total. The smallest absolute Gasteiger partial charge is 0.234 e. The molecular formula is C11H14IN3O2. The van der Waals surface area contributed by atoms with E-state index >= 15 is 0 Å². The normalized spacial score (nSPS) is 13.2. The number of hydrogen-bond donors (Lipinski definition) is 3. The van der Waals surface area contributed by atoms with Crippen LogP contribution in [0.1, 0.15) is 12.5 Å². The summed E-state index contributed by atoms with van der Waals surface area (Å²) in [4.78, 5) is 11.7. The third kappa shape index (κ3) is 3.58. The Labute approximate surface area is 113 Å². The molecule has 0 saturated heterocycles. The standard InChI is InChI=1S/C11H14IN3O2/c1-6-3-4-8(5-9(6)12)14-11(16)7(2)10(13)15-17/h3-5,7,17H,1-2H3,(H2,13,15)(H,14,16). The van der Waals surface area contributed by atoms with Crippen molar-refractivity contribution in [1.29, 1.82) is 0 Å². The van der Waals surface area contributed by atoms with Crippen LogP contribution in [0.5, 0.6) is 0 Å². The van der Waals surface area contributed by atoms with Crippen molar-refractivity contribution in [3.8, 4) is 0 Å². The van der Waals surface area contributed by atoms with Crippen molar-refractivity contribution in [2.24, 2.45) is 16.8 Å². The number of aryl methyl sites for hydroxylation is 1. The van der Waals surface area contributed by atoms with Crippen LogP contribution in [-0.2, 0) is 4.79 Å². The molecular weight excluding hydrogens is 333 g/mol. The summed E-state index contributed by atoms with van der Waals surface area (Å²) >= 11 is 2.20. The van der Waals surface area contributed by atoms with E-state index < -0.39 is 5.92 Å². The van der Waals surface area contributed by atoms with E-state index in [2.05, 4.69) is 33.1 Å². The van der Waals surface area contributed by atoms with E-state index in [-0.39, 0.29) is 11.7 Å². The molecule has 0 aromatic heterocycles. The zero-order valence-electron chi connectivity index (χ0n) is 9.57. The van der Waals surface area contributed by atoms with Crippen LogP contribution in [0.25, 0.3) is 0 Å². The fourth-order valence-corrected chi connectivity index (χ4v) is 1.66. The largest absolute Gasteiger partial charge is 0.409 e. The fourth-order valence-electron chi connectivity index (χ4n) is 1.14. The third-order valence-corrected chi connectivity index (χ3v) is 3.55. The van der Waals surface area contributed by atoms with Crippen LogP contribution in [0, 0.1) is 16.4 Å². The number of carbonyl (C=O) groups is 1. The number of rotatable bonds is 3. The second-order valence-corrected chi connectivity index (χ2v) is 4.86. The minimum Gasteiger partial charge on any atom is -0.409 e. The first-order chi connectivity index (χ1) is 7.95. The Kier molecular flexibility index (Phi) is 4.73. The second kappa shape index (κ2) is 5.85. The molecule has 17 heavy (non-hydrogen) atoms. The summed E-state index contributed by atoms with van der Waals surface area (Å²) in [6.45, 7) is 3.57. The number of nitrogens with zero attached hydrogens (tertiary/aromatic N) is 1. The lowest BCUT2D eigenvalue weighted by Crippen LogP contribution is -2.32. The van der Waals surface area contributed by atoms with Gasteiger partial charge < -0.3 is 16.3 Å². The lowest BCUT2D eigenvalue weighted by Gasteiger charge is -2.11. The Hall–Kier alpha value is -1.31. The zero-order valence-corrected chi connectivity index (χ0v) is 11.7. The van der Waals surface area contributed by atoms with Gasteiger partial charge in [-0.1, -0.05) is 11.2 Å². The van der Waals surface area contributed by atoms with Gasteiger partial charge in [-0.25, -0.2) is 0 Å². The molecule has 1 aromatic rings. The summed E-state index contributed by atoms with van der Waals surface area (Å²) in [5, 5.41) is 14.0. The molecule has 1 atom stereocenters. The van der Waals surface area contributed by atoms with Gasteiger partial charge >= 0.3 is 0 Å². The monoisotopic (exact) mass is 347 g/mol. The number of halogens is 1. The minimum absolute atomic E-state index is 0.107. The van der Waals surface area contributed by atoms with E-state index in [9.17, 15) is 4.79 Å². The van der Waals surface area contributed by atoms with Crippen LogP contribution in [0.2, 0.25) is 0 Å². The van der Waals surface area contributed by atoms with Crippen LogP contribution >= 0.6 is 22.6 Å². The summed E-state index contributed by atoms with van der Waals surface area (Å²) < 4.78 is 1.07. The Balaban J connectivity index is 2.78. The molecule has 0 fully saturated rings. The van der Waals surface area contributed by atoms with Gasteiger partial charge in [0.15, 0.2) is 5.84 Å². The number of benzene rings is 1. The number of nitrogens with one attached hydrogen (secondary N) is 1. The molecule has 1 rings (SSSR count). The summed E-state index contributed by atoms with van der Waals surface area (Å²) in [6, 6.07) is 5.60. The molecule has 0 spiro atoms. The summed E-state index contributed by atoms with van der Waals surface area (Å²) in [5.41, 5.74) is 7.21. The first kappa shape index (κ1) is 13.8. The first-order valence-electron chi connectivity index (χ1n) is 5.00. The Bertz CT molecular complexity index is 460. The predicted octanol–water partition coefficient (Wildman–Crippen LogP) is 1.92. The molecule has 0 aliphatic carbocycles. The zero-order chi connectivity index (χ0) is 13.0. The maximum atomic E-state index is 11.7. The van der Waals surface area contributed by atoms with E-state index in [4.69, 9.17) is 10.9 Å². The van der Waals surface area contributed by atoms with E-state index in [1.807, 2.05) is 25.1 Å². The maximum Gasteiger partial charge on any atom is 0.234 e. The lowest BCUT2D eigenvalue weighted by atomic mass is 10.1. The van der Waals surface area contributed by atoms with Gasteiger partial charge in [-0.3, -0.25) is 4.79 Å². The van der Waals surface area contributed by atoms with Gasteiger partial charge in [-0.05, 0) is 54.1 Å². The van der Waals surface area contributed by atoms with Crippen LogP contribution in [-0.4, -0.2) is 17.0 Å². The van der Waals surface area contributed by atoms with Gasteiger partial charge in [0.25, 0.3) is 0 Å². The molecule has 1 amide bonds. The highest BCUT2D eigenvalue weighted by Crippen LogP contribution is 2.17. The van der Waals surface area contributed by atoms with Crippen LogP contribution in [0.15, 0.2) is 23.4 Å². The average Bonchev–Trinajstić information content (AvgIpc) is 2.31. The number of oxime groups is 1. The molecule has 1 unspecified atom stereocenters. The van der Waals surface area contributed by atoms with Gasteiger partial charge in [-0.15, -0.1) is 0 Å². The van der Waals surface area contributed by atoms with Gasteiger partial charge in [0, 0.05) is 9.26 Å². The first-order valence-corrected chi connectivity index (χ1v) is 6.08. The van der Waals surface area contributed by atoms with Crippen LogP contribution < -0.4 is 11.1 Å². The molecule has 5 nitrogen and oxygen atoms in total. The van der Waals surface area contributed by atoms with Crippen molar-refractivity contribution in [2.45, 2.75) is 13.8 Å². The molecule has 0 bridgehead atoms. The second-order valence-electron chi connectivity index (χ2n) is 3.70. The SMILES string of the molecule is Cc1ccc(NC(=O)C(C)/C(N)=N/O)cc1I. The van der Waals surface area contributed by atoms with Crippen molar-refractivity contribution in [2.75, 3.05) is 5.32 Å². The number of nitrogens with two attached hydrogens (primary N) is 1. The van der Waals surface area contributed by atoms with E-state index in [0.717, 1.165) is 9.13 Å². The number of anilines is 1. The molecule has 0 saturated carbocycles. The average molecular weight is 347 g/mol. The molecule has 0 radical (unpaired) electrons. The van der Waals surface area contributed by atoms with E-state index in [1.54, 1.807) is 6.92 Å². The minimum atomic E-state index is -0.668. The quantitative estimate of drug-likeness (QED) is 0.257. The van der Waals surface area contributed by atoms with Crippen molar-refractivity contribution < 1.29 is 10.0 Å². The predicted molar refractivity (Wildman–Crippen MR) is 75.1 cm³/mol. The Morgan fingerprint density at radius 2 is 2.24 bits per heavy atom. The molecule has 1 aromatic carbocycles. The fraction of sp³-hybridized carbons (Fsp3) is 0.273. The molecule has 0 aliphatic heterocycles. The highest BCUT2D eigenvalue weighted by Gasteiger charge is 2.17. The maximum absolute atomic E-state index is 11.7. The molecule has 0 heterocycles. The van der Waals surface area contributed by atoms with Gasteiger partial charge in [0.2, 0.25) is 5.91 Å². The molecule has 92 valence electrons. The number of hydrogen-bond acceptors (Lipinski definition) is 3. The van der Waals surface area contributed by atoms with Gasteiger partial charge in [0.1, 0.15) is 0 Å². The number of carbonyl (C=O) groups excluding carboxylic acids is 1. The molecule has 6 heteroatoms. The van der Waals surface area contributed by atoms with E-state index in [1.165, 1.54) is 0 Å². The topological polar surface area (TPSA) is 87.7 Å². The highest BCUT2D eigenvalue weighted by atomic mass is 127. The van der Waals surface area contributed by atoms with Crippen molar-refractivity contribution in [3.63, 3.8) is 0 Å². The van der Waals surface area contributed by atoms with Crippen molar-refractivity contribution in [1.82, 2.24) is 0 Å².